The topological polar surface area (TPSA) is 222 Å². The molecule has 2 saturated heterocycles. The van der Waals surface area contributed by atoms with Crippen LogP contribution in [0.3, 0.4) is 0 Å². The van der Waals surface area contributed by atoms with Gasteiger partial charge >= 0.3 is 0 Å². The molecule has 1 saturated carbocycles. The van der Waals surface area contributed by atoms with Crippen molar-refractivity contribution < 1.29 is 57.5 Å². The van der Waals surface area contributed by atoms with Gasteiger partial charge in [0, 0.05) is 97.7 Å². The third-order valence-corrected chi connectivity index (χ3v) is 18.5. The molecule has 0 spiro atoms. The van der Waals surface area contributed by atoms with E-state index in [0.29, 0.717) is 77.7 Å². The highest BCUT2D eigenvalue weighted by molar-refractivity contribution is 6.12. The van der Waals surface area contributed by atoms with E-state index in [1.165, 1.54) is 12.2 Å². The molecule has 7 amide bonds. The van der Waals surface area contributed by atoms with E-state index in [-0.39, 0.29) is 133 Å². The second-order valence-corrected chi connectivity index (χ2v) is 25.3. The van der Waals surface area contributed by atoms with Gasteiger partial charge in [0.1, 0.15) is 5.78 Å². The number of carbonyl (C=O) groups excluding carboxylic acids is 9. The van der Waals surface area contributed by atoms with Crippen molar-refractivity contribution in [3.8, 4) is 0 Å². The first-order valence-corrected chi connectivity index (χ1v) is 31.4. The van der Waals surface area contributed by atoms with Crippen LogP contribution in [0.5, 0.6) is 0 Å². The van der Waals surface area contributed by atoms with Crippen LogP contribution in [-0.2, 0) is 57.5 Å². The number of likely N-dealkylation sites (N-methyl/N-ethyl adjacent to an activating group) is 2. The van der Waals surface area contributed by atoms with Gasteiger partial charge in [-0.3, -0.25) is 57.8 Å². The molecule has 1 unspecified atom stereocenters. The number of likely N-dealkylation sites (tertiary alicyclic amines) is 1. The summed E-state index contributed by atoms with van der Waals surface area (Å²) in [6.07, 6.45) is 10.1. The molecule has 0 bridgehead atoms. The number of hydroxylamine groups is 2. The number of ketones is 2. The number of methoxy groups -OCH3 is 2. The minimum Gasteiger partial charge on any atom is -0.381 e. The standard InChI is InChI=1S/C65H103N7O12/c1-13-46(7)49(39-45(6)40-53(74)60(43(2)3)67-63(80)61(44(4)5)69(10)33-22-28-56(76)68(9)37-32-66-55(75)27-21-35-71-57(77)29-30-58(71)78)54(82-11)41-59(79)70-34-20-25-51(70)62(83-12)47(8)52(73)26-19-31-65(64(81)72-36-17-18-38-84-72)42-50(65)48-23-15-14-16-24-48/h14-16,23-24,29-30,43-47,49-51,54,60-62H,13,17-22,25-28,31-42H2,1-12H3,(H,66,75)(H,67,80)/t45?,46-,47-,49-,50+,51-,54+,60-,61-,62+,65+/m0/s1. The largest absolute Gasteiger partial charge is 0.381 e. The van der Waals surface area contributed by atoms with Crippen LogP contribution < -0.4 is 10.6 Å². The van der Waals surface area contributed by atoms with Gasteiger partial charge in [0.2, 0.25) is 23.6 Å². The molecule has 3 fully saturated rings. The van der Waals surface area contributed by atoms with E-state index in [1.54, 1.807) is 31.2 Å². The number of hydrogen-bond donors (Lipinski definition) is 2. The lowest BCUT2D eigenvalue weighted by Gasteiger charge is -2.37. The molecule has 84 heavy (non-hydrogen) atoms. The normalized spacial score (nSPS) is 21.7. The number of Topliss-reactive ketones (excluding diaryl/α,β-unsaturated/α-hetero) is 2. The molecule has 1 aliphatic carbocycles. The Morgan fingerprint density at radius 1 is 0.798 bits per heavy atom. The van der Waals surface area contributed by atoms with Gasteiger partial charge in [-0.15, -0.1) is 0 Å². The van der Waals surface area contributed by atoms with Gasteiger partial charge in [0.25, 0.3) is 17.7 Å². The molecular weight excluding hydrogens is 1070 g/mol. The number of rotatable bonds is 37. The highest BCUT2D eigenvalue weighted by atomic mass is 16.7. The molecule has 19 heteroatoms. The van der Waals surface area contributed by atoms with E-state index in [2.05, 4.69) is 43.5 Å². The van der Waals surface area contributed by atoms with Crippen molar-refractivity contribution in [2.24, 2.45) is 40.9 Å². The molecule has 1 aromatic carbocycles. The van der Waals surface area contributed by atoms with Crippen molar-refractivity contribution in [3.05, 3.63) is 48.0 Å². The number of nitrogens with one attached hydrogen (secondary N) is 2. The van der Waals surface area contributed by atoms with Crippen LogP contribution in [0.25, 0.3) is 0 Å². The second-order valence-electron chi connectivity index (χ2n) is 25.3. The molecule has 1 aromatic rings. The number of imide groups is 1. The Balaban J connectivity index is 1.10. The SMILES string of the molecule is CC[C@H](C)[C@H](CC(C)CC(=O)[C@@H](NC(=O)[C@H](C(C)C)N(C)CCCC(=O)N(C)CCNC(=O)CCCN1C(=O)C=CC1=O)C(C)C)[C@@H](CC(=O)N1CCC[C@H]1[C@H](OC)[C@@H](C)C(=O)CCC[C@@]1(C(=O)N2CCCCO2)C[C@@H]1c1ccccc1)OC. The van der Waals surface area contributed by atoms with Crippen LogP contribution in [0, 0.1) is 40.9 Å². The van der Waals surface area contributed by atoms with Gasteiger partial charge in [0.15, 0.2) is 5.78 Å². The van der Waals surface area contributed by atoms with Crippen molar-refractivity contribution in [3.63, 3.8) is 0 Å². The van der Waals surface area contributed by atoms with Gasteiger partial charge in [-0.1, -0.05) is 92.1 Å². The van der Waals surface area contributed by atoms with E-state index < -0.39 is 35.6 Å². The van der Waals surface area contributed by atoms with Crippen molar-refractivity contribution in [1.29, 1.82) is 0 Å². The van der Waals surface area contributed by atoms with Crippen LogP contribution in [0.15, 0.2) is 42.5 Å². The molecule has 3 heterocycles. The van der Waals surface area contributed by atoms with E-state index in [0.717, 1.165) is 42.6 Å². The van der Waals surface area contributed by atoms with E-state index in [9.17, 15) is 43.2 Å². The summed E-state index contributed by atoms with van der Waals surface area (Å²) in [5.41, 5.74) is 0.544. The lowest BCUT2D eigenvalue weighted by Crippen LogP contribution is -2.54. The van der Waals surface area contributed by atoms with Crippen molar-refractivity contribution in [2.45, 2.75) is 194 Å². The Bertz CT molecular complexity index is 2380. The summed E-state index contributed by atoms with van der Waals surface area (Å²) in [6, 6.07) is 8.59. The first-order valence-electron chi connectivity index (χ1n) is 31.4. The van der Waals surface area contributed by atoms with E-state index in [4.69, 9.17) is 14.3 Å². The van der Waals surface area contributed by atoms with Gasteiger partial charge in [-0.2, -0.15) is 0 Å². The number of benzene rings is 1. The molecule has 11 atom stereocenters. The predicted octanol–water partition coefficient (Wildman–Crippen LogP) is 7.31. The Morgan fingerprint density at radius 2 is 1.50 bits per heavy atom. The lowest BCUT2D eigenvalue weighted by molar-refractivity contribution is -0.203. The number of ether oxygens (including phenoxy) is 2. The molecule has 3 aliphatic heterocycles. The zero-order chi connectivity index (χ0) is 61.8. The van der Waals surface area contributed by atoms with Crippen LogP contribution in [0.1, 0.15) is 170 Å². The summed E-state index contributed by atoms with van der Waals surface area (Å²) in [6.45, 7) is 18.9. The van der Waals surface area contributed by atoms with Gasteiger partial charge < -0.3 is 29.9 Å². The zero-order valence-corrected chi connectivity index (χ0v) is 52.9. The molecule has 0 radical (unpaired) electrons. The summed E-state index contributed by atoms with van der Waals surface area (Å²) < 4.78 is 12.3. The summed E-state index contributed by atoms with van der Waals surface area (Å²) >= 11 is 0. The van der Waals surface area contributed by atoms with Gasteiger partial charge in [-0.25, -0.2) is 5.06 Å². The predicted molar refractivity (Wildman–Crippen MR) is 321 cm³/mol. The Morgan fingerprint density at radius 3 is 2.12 bits per heavy atom. The molecule has 19 nitrogen and oxygen atoms in total. The summed E-state index contributed by atoms with van der Waals surface area (Å²) in [7, 11) is 6.79. The van der Waals surface area contributed by atoms with Gasteiger partial charge in [-0.05, 0) is 119 Å². The lowest BCUT2D eigenvalue weighted by atomic mass is 9.77. The summed E-state index contributed by atoms with van der Waals surface area (Å²) in [5, 5.41) is 7.47. The maximum absolute atomic E-state index is 14.5. The van der Waals surface area contributed by atoms with Crippen LogP contribution in [-0.4, -0.2) is 182 Å². The van der Waals surface area contributed by atoms with E-state index >= 15 is 0 Å². The zero-order valence-electron chi connectivity index (χ0n) is 52.9. The third kappa shape index (κ3) is 19.1. The maximum Gasteiger partial charge on any atom is 0.253 e. The van der Waals surface area contributed by atoms with Crippen molar-refractivity contribution in [1.82, 2.24) is 35.3 Å². The molecule has 4 aliphatic rings. The number of hydrogen-bond acceptors (Lipinski definition) is 13. The molecule has 5 rings (SSSR count). The monoisotopic (exact) mass is 1170 g/mol. The average Bonchev–Trinajstić information content (AvgIpc) is 1.86. The molecular formula is C65H103N7O12. The van der Waals surface area contributed by atoms with Crippen LogP contribution >= 0.6 is 0 Å². The Labute approximate surface area is 501 Å². The van der Waals surface area contributed by atoms with Crippen LogP contribution in [0.4, 0.5) is 0 Å². The fraction of sp³-hybridized carbons (Fsp3) is 0.738. The van der Waals surface area contributed by atoms with Crippen LogP contribution in [0.2, 0.25) is 0 Å². The fourth-order valence-electron chi connectivity index (χ4n) is 13.3. The summed E-state index contributed by atoms with van der Waals surface area (Å²) in [4.78, 5) is 132. The number of nitrogens with zero attached hydrogens (tertiary/aromatic N) is 5. The molecule has 470 valence electrons. The average molecular weight is 1170 g/mol. The fourth-order valence-corrected chi connectivity index (χ4v) is 13.3. The Kier molecular flexibility index (Phi) is 27.7. The molecule has 2 N–H and O–H groups in total. The second kappa shape index (κ2) is 33.5. The number of carbonyl (C=O) groups is 9. The quantitative estimate of drug-likeness (QED) is 0.0625. The van der Waals surface area contributed by atoms with Crippen molar-refractivity contribution >= 4 is 52.9 Å². The van der Waals surface area contributed by atoms with Crippen molar-refractivity contribution in [2.75, 3.05) is 74.2 Å². The number of amides is 7. The highest BCUT2D eigenvalue weighted by Gasteiger charge is 2.61. The third-order valence-electron chi connectivity index (χ3n) is 18.5. The summed E-state index contributed by atoms with van der Waals surface area (Å²) in [5.74, 6) is -1.98. The molecule has 0 aromatic heterocycles. The Hall–Kier alpha value is -5.37. The van der Waals surface area contributed by atoms with E-state index in [1.807, 2.05) is 69.7 Å². The highest BCUT2D eigenvalue weighted by Crippen LogP contribution is 2.63. The minimum atomic E-state index is -0.719. The maximum atomic E-state index is 14.5. The first-order chi connectivity index (χ1) is 40.0. The smallest absolute Gasteiger partial charge is 0.253 e. The van der Waals surface area contributed by atoms with Gasteiger partial charge in [0.05, 0.1) is 48.8 Å². The first kappa shape index (κ1) is 69.4. The minimum absolute atomic E-state index is 0.0224.